The monoisotopic (exact) mass is 1890 g/mol. The highest BCUT2D eigenvalue weighted by Gasteiger charge is 2.43. The van der Waals surface area contributed by atoms with Crippen LogP contribution in [0.15, 0.2) is 382 Å². The first-order valence-corrected chi connectivity index (χ1v) is 54.3. The van der Waals surface area contributed by atoms with Crippen molar-refractivity contribution in [3.8, 4) is 0 Å². The molecule has 0 radical (unpaired) electrons. The second-order valence-electron chi connectivity index (χ2n) is 42.4. The highest BCUT2D eigenvalue weighted by molar-refractivity contribution is 5.64. The van der Waals surface area contributed by atoms with Gasteiger partial charge in [0.25, 0.3) is 0 Å². The van der Waals surface area contributed by atoms with E-state index in [4.69, 9.17) is 0 Å². The van der Waals surface area contributed by atoms with E-state index in [-0.39, 0.29) is 0 Å². The SMILES string of the molecule is CN(C)CN1[C@@H](c2ccccc2)CC[C@@H]1c1ccccc1.CN(CN1[C@@H](c2ccccc2)CC[C@@H]1c1ccccc1)c1ccccc1.C[C@H]1CC[C@H](C)N1CN1[C@@H](C)CC[C@@H]1C.Cc1ccc(N(CN2[C@@H](c3ccccc3)CC[C@@H]2c2ccccc2)c2ccc(C)cc2)cc1.c1ccc([C@H]2CC[C@H](c3ccccc3)N2CN2CCCC2)cc1.c1ccc([C@H]2CC[C@H](c3ccccc3)N2CN2CCCCC2)cc1. The molecule has 0 amide bonds. The van der Waals surface area contributed by atoms with Gasteiger partial charge < -0.3 is 9.80 Å². The van der Waals surface area contributed by atoms with Gasteiger partial charge in [0.2, 0.25) is 0 Å². The molecule has 9 fully saturated rings. The van der Waals surface area contributed by atoms with Crippen molar-refractivity contribution >= 4 is 17.1 Å². The first kappa shape index (κ1) is 103. The quantitative estimate of drug-likeness (QED) is 0.0547. The van der Waals surface area contributed by atoms with Gasteiger partial charge in [0, 0.05) is 109 Å². The molecule has 0 aromatic heterocycles. The lowest BCUT2D eigenvalue weighted by Crippen LogP contribution is -2.46. The van der Waals surface area contributed by atoms with E-state index in [1.807, 2.05) is 0 Å². The second-order valence-corrected chi connectivity index (χ2v) is 42.4. The smallest absolute Gasteiger partial charge is 0.0766 e. The summed E-state index contributed by atoms with van der Waals surface area (Å²) in [6, 6.07) is 147. The van der Waals surface area contributed by atoms with Gasteiger partial charge in [-0.3, -0.25) is 49.0 Å². The molecule has 742 valence electrons. The van der Waals surface area contributed by atoms with Crippen LogP contribution in [0.5, 0.6) is 0 Å². The minimum absolute atomic E-state index is 0.398. The molecular formula is C130H162N12. The van der Waals surface area contributed by atoms with Crippen molar-refractivity contribution in [2.75, 3.05) is 97.1 Å². The summed E-state index contributed by atoms with van der Waals surface area (Å²) >= 11 is 0. The average molecular weight is 1890 g/mol. The molecular weight excluding hydrogens is 1730 g/mol. The number of hydrogen-bond donors (Lipinski definition) is 0. The number of anilines is 3. The van der Waals surface area contributed by atoms with E-state index in [2.05, 4.69) is 504 Å². The van der Waals surface area contributed by atoms with Crippen LogP contribution < -0.4 is 9.80 Å². The zero-order valence-corrected chi connectivity index (χ0v) is 86.8. The second kappa shape index (κ2) is 52.0. The van der Waals surface area contributed by atoms with Gasteiger partial charge in [0.05, 0.1) is 40.0 Å². The Hall–Kier alpha value is -10.9. The third-order valence-corrected chi connectivity index (χ3v) is 32.4. The van der Waals surface area contributed by atoms with Crippen molar-refractivity contribution in [3.05, 3.63) is 449 Å². The van der Waals surface area contributed by atoms with Crippen molar-refractivity contribution in [2.45, 2.75) is 248 Å². The van der Waals surface area contributed by atoms with E-state index in [0.717, 1.165) is 57.5 Å². The van der Waals surface area contributed by atoms with Gasteiger partial charge in [0.1, 0.15) is 0 Å². The number of para-hydroxylation sites is 1. The number of aryl methyl sites for hydroxylation is 2. The number of hydrogen-bond acceptors (Lipinski definition) is 12. The average Bonchev–Trinajstić information content (AvgIpc) is 1.57. The van der Waals surface area contributed by atoms with Gasteiger partial charge in [-0.15, -0.1) is 0 Å². The van der Waals surface area contributed by atoms with Gasteiger partial charge in [-0.25, -0.2) is 0 Å². The summed E-state index contributed by atoms with van der Waals surface area (Å²) in [7, 11) is 6.50. The number of piperidine rings is 1. The van der Waals surface area contributed by atoms with E-state index in [1.54, 1.807) is 0 Å². The molecule has 0 unspecified atom stereocenters. The van der Waals surface area contributed by atoms with Gasteiger partial charge >= 0.3 is 0 Å². The van der Waals surface area contributed by atoms with Crippen LogP contribution in [-0.4, -0.2) is 161 Å². The highest BCUT2D eigenvalue weighted by atomic mass is 15.4. The molecule has 0 N–H and O–H groups in total. The fraction of sp³-hybridized carbons (Fsp3) is 0.400. The summed E-state index contributed by atoms with van der Waals surface area (Å²) in [5.41, 5.74) is 20.8. The standard InChI is InChI=1S/C31H32N2.C24H26N2.C22H28N2.C21H26N2.C19H24N2.C13H26N2/c1-24-13-17-28(18-14-24)32(29-19-15-25(2)16-20-29)23-33-30(26-9-5-3-6-10-26)21-22-31(33)27-11-7-4-8-12-27;1-25(22-15-9-4-10-16-22)19-26-23(20-11-5-2-6-12-20)17-18-24(26)21-13-7-3-8-14-21;1-4-10-19(11-5-1)21-14-15-22(20-12-6-2-7-13-20)24(21)18-23-16-8-3-9-17-23;1-3-9-18(10-4-1)20-13-14-21(19-11-5-2-6-12-19)23(20)17-22-15-7-8-16-22;1-20(2)15-21-18(16-9-5-3-6-10-16)13-14-19(21)17-11-7-4-8-12-17;1-10-5-6-11(2)14(10)9-15-12(3)7-8-13(15)4/h3-20,30-31H,21-23H2,1-2H3;2-16,23-24H,17-19H2,1H3;1-2,4-7,10-13,21-22H,3,8-9,14-18H2;1-6,9-12,20-21H,7-8,13-17H2;3-12,18-19H,13-15H2,1-2H3;10-13H,5-9H2,1-4H3/t30-,31-;23-,24-;21-,22-;20-,21-;18-,19-;10-,11-,12-,13-/m111110/s1. The molecule has 12 nitrogen and oxygen atoms in total. The molecule has 13 aromatic carbocycles. The Morgan fingerprint density at radius 1 is 0.197 bits per heavy atom. The molecule has 22 rings (SSSR count). The molecule has 9 saturated heterocycles. The van der Waals surface area contributed by atoms with Crippen LogP contribution in [0.3, 0.4) is 0 Å². The Morgan fingerprint density at radius 2 is 0.401 bits per heavy atom. The molecule has 142 heavy (non-hydrogen) atoms. The first-order valence-electron chi connectivity index (χ1n) is 54.3. The van der Waals surface area contributed by atoms with Crippen molar-refractivity contribution < 1.29 is 0 Å². The van der Waals surface area contributed by atoms with Gasteiger partial charge in [-0.2, -0.15) is 0 Å². The maximum absolute atomic E-state index is 2.76. The third-order valence-electron chi connectivity index (χ3n) is 32.4. The van der Waals surface area contributed by atoms with Crippen LogP contribution in [0.25, 0.3) is 0 Å². The topological polar surface area (TPSA) is 38.9 Å². The fourth-order valence-corrected chi connectivity index (χ4v) is 24.6. The highest BCUT2D eigenvalue weighted by Crippen LogP contribution is 2.51. The van der Waals surface area contributed by atoms with Crippen molar-refractivity contribution in [1.29, 1.82) is 0 Å². The minimum Gasteiger partial charge on any atom is -0.362 e. The Kier molecular flexibility index (Phi) is 37.6. The molecule has 9 aliphatic rings. The molecule has 0 spiro atoms. The fourth-order valence-electron chi connectivity index (χ4n) is 24.6. The maximum Gasteiger partial charge on any atom is 0.0766 e. The van der Waals surface area contributed by atoms with Crippen LogP contribution >= 0.6 is 0 Å². The lowest BCUT2D eigenvalue weighted by atomic mass is 10.0. The van der Waals surface area contributed by atoms with Gasteiger partial charge in [-0.05, 0) is 289 Å². The zero-order chi connectivity index (χ0) is 97.7. The Morgan fingerprint density at radius 3 is 0.634 bits per heavy atom. The van der Waals surface area contributed by atoms with Crippen LogP contribution in [0.2, 0.25) is 0 Å². The van der Waals surface area contributed by atoms with Crippen LogP contribution in [0.1, 0.15) is 277 Å². The molecule has 9 heterocycles. The van der Waals surface area contributed by atoms with E-state index in [1.165, 1.54) is 239 Å². The summed E-state index contributed by atoms with van der Waals surface area (Å²) in [4.78, 5) is 31.3. The predicted octanol–water partition coefficient (Wildman–Crippen LogP) is 30.0. The summed E-state index contributed by atoms with van der Waals surface area (Å²) in [5.74, 6) is 0. The molecule has 0 aliphatic carbocycles. The largest absolute Gasteiger partial charge is 0.362 e. The normalized spacial score (nSPS) is 24.5. The Labute approximate surface area is 854 Å². The van der Waals surface area contributed by atoms with Crippen LogP contribution in [0, 0.1) is 13.8 Å². The molecule has 0 bridgehead atoms. The zero-order valence-electron chi connectivity index (χ0n) is 86.8. The number of nitrogens with zero attached hydrogens (tertiary/aromatic N) is 12. The Balaban J connectivity index is 0.000000119. The molecule has 0 saturated carbocycles. The Bertz CT molecular complexity index is 5390. The van der Waals surface area contributed by atoms with Gasteiger partial charge in [-0.1, -0.05) is 363 Å². The van der Waals surface area contributed by atoms with E-state index < -0.39 is 0 Å². The minimum atomic E-state index is 0.398. The van der Waals surface area contributed by atoms with Crippen molar-refractivity contribution in [2.24, 2.45) is 0 Å². The predicted molar refractivity (Wildman–Crippen MR) is 596 cm³/mol. The molecule has 12 heteroatoms. The van der Waals surface area contributed by atoms with Crippen LogP contribution in [-0.2, 0) is 0 Å². The number of benzene rings is 13. The number of rotatable bonds is 25. The number of likely N-dealkylation sites (tertiary alicyclic amines) is 9. The lowest BCUT2D eigenvalue weighted by Gasteiger charge is -2.37. The van der Waals surface area contributed by atoms with Gasteiger partial charge in [0.15, 0.2) is 0 Å². The maximum atomic E-state index is 2.76. The lowest BCUT2D eigenvalue weighted by molar-refractivity contribution is 0.0726. The van der Waals surface area contributed by atoms with E-state index in [9.17, 15) is 0 Å². The molecule has 13 aromatic rings. The third kappa shape index (κ3) is 27.2. The summed E-state index contributed by atoms with van der Waals surface area (Å²) in [6.45, 7) is 25.1. The van der Waals surface area contributed by atoms with E-state index >= 15 is 0 Å². The van der Waals surface area contributed by atoms with Crippen molar-refractivity contribution in [3.63, 3.8) is 0 Å². The molecule has 9 aliphatic heterocycles. The summed E-state index contributed by atoms with van der Waals surface area (Å²) in [6.07, 6.45) is 24.6. The van der Waals surface area contributed by atoms with E-state index in [0.29, 0.717) is 60.4 Å². The summed E-state index contributed by atoms with van der Waals surface area (Å²) < 4.78 is 0. The first-order chi connectivity index (χ1) is 69.7. The van der Waals surface area contributed by atoms with Crippen molar-refractivity contribution in [1.82, 2.24) is 49.0 Å². The van der Waals surface area contributed by atoms with Crippen LogP contribution in [0.4, 0.5) is 17.1 Å². The summed E-state index contributed by atoms with van der Waals surface area (Å²) in [5, 5.41) is 0. The molecule has 14 atom stereocenters.